The van der Waals surface area contributed by atoms with Crippen molar-refractivity contribution in [3.63, 3.8) is 0 Å². The minimum atomic E-state index is -0.727. The number of rotatable bonds is 3. The van der Waals surface area contributed by atoms with Gasteiger partial charge in [0.05, 0.1) is 10.6 Å². The summed E-state index contributed by atoms with van der Waals surface area (Å²) in [6.07, 6.45) is 0.775. The van der Waals surface area contributed by atoms with Crippen LogP contribution in [-0.2, 0) is 0 Å². The number of nitrogens with one attached hydrogen (secondary N) is 1. The lowest BCUT2D eigenvalue weighted by Gasteiger charge is -2.31. The predicted octanol–water partition coefficient (Wildman–Crippen LogP) is 4.83. The molecule has 1 amide bonds. The molecule has 1 aromatic heterocycles. The lowest BCUT2D eigenvalue weighted by molar-refractivity contribution is 0.0645. The molecular formula is C21H17ClF2N2O2. The molecule has 3 aromatic rings. The van der Waals surface area contributed by atoms with Crippen molar-refractivity contribution in [3.8, 4) is 0 Å². The minimum absolute atomic E-state index is 0.232. The highest BCUT2D eigenvalue weighted by Crippen LogP contribution is 2.30. The number of para-hydroxylation sites is 1. The third-order valence-electron chi connectivity index (χ3n) is 5.20. The number of fused-ring (bicyclic) bond motifs is 1. The van der Waals surface area contributed by atoms with Gasteiger partial charge in [-0.3, -0.25) is 9.59 Å². The van der Waals surface area contributed by atoms with E-state index in [-0.39, 0.29) is 11.5 Å². The number of Topliss-reactive ketones (excluding diaryl/α,β-unsaturated/α-hetero) is 1. The first-order valence-corrected chi connectivity index (χ1v) is 9.38. The van der Waals surface area contributed by atoms with Crippen molar-refractivity contribution in [2.75, 3.05) is 13.1 Å². The molecule has 0 aliphatic carbocycles. The second-order valence-electron chi connectivity index (χ2n) is 6.91. The number of likely N-dealkylation sites (tertiary alicyclic amines) is 1. The fourth-order valence-electron chi connectivity index (χ4n) is 3.66. The Labute approximate surface area is 165 Å². The zero-order valence-electron chi connectivity index (χ0n) is 14.8. The van der Waals surface area contributed by atoms with Gasteiger partial charge in [-0.05, 0) is 37.1 Å². The first-order valence-electron chi connectivity index (χ1n) is 9.00. The van der Waals surface area contributed by atoms with Gasteiger partial charge >= 0.3 is 0 Å². The summed E-state index contributed by atoms with van der Waals surface area (Å²) in [6, 6.07) is 10.3. The quantitative estimate of drug-likeness (QED) is 0.638. The van der Waals surface area contributed by atoms with Crippen LogP contribution in [0.15, 0.2) is 42.5 Å². The van der Waals surface area contributed by atoms with E-state index >= 15 is 0 Å². The van der Waals surface area contributed by atoms with Crippen molar-refractivity contribution in [1.82, 2.24) is 9.88 Å². The third kappa shape index (κ3) is 3.29. The van der Waals surface area contributed by atoms with Crippen LogP contribution in [0.5, 0.6) is 0 Å². The molecule has 0 radical (unpaired) electrons. The number of amides is 1. The predicted molar refractivity (Wildman–Crippen MR) is 103 cm³/mol. The largest absolute Gasteiger partial charge is 0.349 e. The van der Waals surface area contributed by atoms with Gasteiger partial charge in [-0.25, -0.2) is 8.78 Å². The van der Waals surface area contributed by atoms with Crippen molar-refractivity contribution in [2.45, 2.75) is 12.8 Å². The monoisotopic (exact) mass is 402 g/mol. The summed E-state index contributed by atoms with van der Waals surface area (Å²) >= 11 is 6.35. The zero-order chi connectivity index (χ0) is 19.8. The molecule has 4 rings (SSSR count). The van der Waals surface area contributed by atoms with Crippen molar-refractivity contribution in [1.29, 1.82) is 0 Å². The summed E-state index contributed by atoms with van der Waals surface area (Å²) in [5.74, 6) is -2.48. The number of nitrogens with zero attached hydrogens (tertiary/aromatic N) is 1. The molecule has 1 aliphatic heterocycles. The lowest BCUT2D eigenvalue weighted by atomic mass is 9.88. The highest BCUT2D eigenvalue weighted by molar-refractivity contribution is 6.38. The van der Waals surface area contributed by atoms with Crippen molar-refractivity contribution in [3.05, 3.63) is 70.4 Å². The second kappa shape index (κ2) is 7.36. The molecule has 1 aliphatic rings. The summed E-state index contributed by atoms with van der Waals surface area (Å²) in [4.78, 5) is 30.1. The Hall–Kier alpha value is -2.73. The maximum absolute atomic E-state index is 13.9. The smallest absolute Gasteiger partial charge is 0.271 e. The van der Waals surface area contributed by atoms with E-state index in [0.717, 1.165) is 29.1 Å². The number of aromatic nitrogens is 1. The van der Waals surface area contributed by atoms with Crippen molar-refractivity contribution >= 4 is 34.2 Å². The van der Waals surface area contributed by atoms with Crippen LogP contribution < -0.4 is 0 Å². The normalized spacial score (nSPS) is 15.2. The number of carbonyl (C=O) groups is 2. The molecule has 144 valence electrons. The maximum atomic E-state index is 13.9. The molecule has 0 spiro atoms. The van der Waals surface area contributed by atoms with Gasteiger partial charge in [-0.1, -0.05) is 29.8 Å². The zero-order valence-corrected chi connectivity index (χ0v) is 15.6. The van der Waals surface area contributed by atoms with Crippen molar-refractivity contribution < 1.29 is 18.4 Å². The highest BCUT2D eigenvalue weighted by atomic mass is 35.5. The molecule has 28 heavy (non-hydrogen) atoms. The lowest BCUT2D eigenvalue weighted by Crippen LogP contribution is -2.40. The summed E-state index contributed by atoms with van der Waals surface area (Å²) in [5.41, 5.74) is 0.870. The molecule has 2 aromatic carbocycles. The summed E-state index contributed by atoms with van der Waals surface area (Å²) < 4.78 is 27.2. The minimum Gasteiger partial charge on any atom is -0.349 e. The van der Waals surface area contributed by atoms with E-state index < -0.39 is 23.3 Å². The molecule has 1 fully saturated rings. The van der Waals surface area contributed by atoms with E-state index in [1.54, 1.807) is 4.90 Å². The molecule has 0 unspecified atom stereocenters. The van der Waals surface area contributed by atoms with Crippen LogP contribution in [0, 0.1) is 17.6 Å². The van der Waals surface area contributed by atoms with E-state index in [1.807, 2.05) is 24.3 Å². The molecule has 7 heteroatoms. The topological polar surface area (TPSA) is 53.2 Å². The van der Waals surface area contributed by atoms with Gasteiger partial charge in [0, 0.05) is 29.9 Å². The van der Waals surface area contributed by atoms with E-state index in [1.165, 1.54) is 0 Å². The van der Waals surface area contributed by atoms with Gasteiger partial charge in [-0.15, -0.1) is 0 Å². The van der Waals surface area contributed by atoms with E-state index in [9.17, 15) is 18.4 Å². The van der Waals surface area contributed by atoms with Crippen LogP contribution in [0.3, 0.4) is 0 Å². The first-order chi connectivity index (χ1) is 13.5. The molecule has 0 bridgehead atoms. The van der Waals surface area contributed by atoms with Crippen LogP contribution in [0.4, 0.5) is 8.78 Å². The molecule has 0 saturated carbocycles. The number of aromatic amines is 1. The fourth-order valence-corrected chi connectivity index (χ4v) is 3.96. The van der Waals surface area contributed by atoms with Gasteiger partial charge in [-0.2, -0.15) is 0 Å². The average Bonchev–Trinajstić information content (AvgIpc) is 3.06. The highest BCUT2D eigenvalue weighted by Gasteiger charge is 2.31. The summed E-state index contributed by atoms with van der Waals surface area (Å²) in [7, 11) is 0. The summed E-state index contributed by atoms with van der Waals surface area (Å²) in [5, 5.41) is 1.15. The van der Waals surface area contributed by atoms with Gasteiger partial charge in [0.25, 0.3) is 5.91 Å². The van der Waals surface area contributed by atoms with E-state index in [0.29, 0.717) is 36.6 Å². The van der Waals surface area contributed by atoms with Crippen LogP contribution in [0.2, 0.25) is 5.02 Å². The molecule has 4 nitrogen and oxygen atoms in total. The summed E-state index contributed by atoms with van der Waals surface area (Å²) in [6.45, 7) is 0.690. The number of hydrogen-bond acceptors (Lipinski definition) is 2. The Kier molecular flexibility index (Phi) is 4.89. The Morgan fingerprint density at radius 3 is 2.50 bits per heavy atom. The van der Waals surface area contributed by atoms with Crippen LogP contribution in [-0.4, -0.2) is 34.7 Å². The fraction of sp³-hybridized carbons (Fsp3) is 0.238. The van der Waals surface area contributed by atoms with Crippen LogP contribution in [0.25, 0.3) is 10.9 Å². The number of benzene rings is 2. The standard InChI is InChI=1S/C21H17ClF2N2O2/c22-18-14-3-1-2-4-17(14)25-19(18)21(28)26-9-7-12(8-10-26)20(27)15-11-13(23)5-6-16(15)24/h1-6,11-12,25H,7-10H2. The van der Waals surface area contributed by atoms with Gasteiger partial charge in [0.2, 0.25) is 0 Å². The van der Waals surface area contributed by atoms with Crippen LogP contribution >= 0.6 is 11.6 Å². The molecule has 2 heterocycles. The Morgan fingerprint density at radius 2 is 1.79 bits per heavy atom. The van der Waals surface area contributed by atoms with Gasteiger partial charge < -0.3 is 9.88 Å². The first kappa shape index (κ1) is 18.6. The maximum Gasteiger partial charge on any atom is 0.271 e. The van der Waals surface area contributed by atoms with E-state index in [2.05, 4.69) is 4.98 Å². The number of hydrogen-bond donors (Lipinski definition) is 1. The number of carbonyl (C=O) groups excluding carboxylic acids is 2. The number of piperidine rings is 1. The number of ketones is 1. The molecule has 1 N–H and O–H groups in total. The van der Waals surface area contributed by atoms with Crippen molar-refractivity contribution in [2.24, 2.45) is 5.92 Å². The average molecular weight is 403 g/mol. The second-order valence-corrected chi connectivity index (χ2v) is 7.29. The van der Waals surface area contributed by atoms with Gasteiger partial charge in [0.15, 0.2) is 5.78 Å². The number of H-pyrrole nitrogens is 1. The molecule has 0 atom stereocenters. The third-order valence-corrected chi connectivity index (χ3v) is 5.60. The SMILES string of the molecule is O=C(c1cc(F)ccc1F)C1CCN(C(=O)c2[nH]c3ccccc3c2Cl)CC1. The van der Waals surface area contributed by atoms with Gasteiger partial charge in [0.1, 0.15) is 17.3 Å². The molecular weight excluding hydrogens is 386 g/mol. The Bertz CT molecular complexity index is 1070. The van der Waals surface area contributed by atoms with Crippen LogP contribution in [0.1, 0.15) is 33.7 Å². The number of halogens is 3. The Balaban J connectivity index is 1.47. The Morgan fingerprint density at radius 1 is 1.07 bits per heavy atom. The molecule has 1 saturated heterocycles. The van der Waals surface area contributed by atoms with E-state index in [4.69, 9.17) is 11.6 Å².